The molecule has 0 amide bonds. The summed E-state index contributed by atoms with van der Waals surface area (Å²) in [7, 11) is 3.82. The molecule has 0 saturated heterocycles. The summed E-state index contributed by atoms with van der Waals surface area (Å²) in [6, 6.07) is 4.84. The lowest BCUT2D eigenvalue weighted by Gasteiger charge is -2.28. The summed E-state index contributed by atoms with van der Waals surface area (Å²) in [5.74, 6) is 0. The van der Waals surface area contributed by atoms with Gasteiger partial charge in [-0.1, -0.05) is 25.5 Å². The van der Waals surface area contributed by atoms with Crippen LogP contribution in [-0.4, -0.2) is 20.3 Å². The van der Waals surface area contributed by atoms with E-state index in [0.717, 1.165) is 12.8 Å². The fourth-order valence-electron chi connectivity index (χ4n) is 2.56. The van der Waals surface area contributed by atoms with E-state index >= 15 is 0 Å². The number of ether oxygens (including phenoxy) is 1. The zero-order valence-corrected chi connectivity index (χ0v) is 12.6. The lowest BCUT2D eigenvalue weighted by Crippen LogP contribution is -2.31. The molecule has 2 unspecified atom stereocenters. The highest BCUT2D eigenvalue weighted by Crippen LogP contribution is 2.27. The molecule has 0 aliphatic carbocycles. The van der Waals surface area contributed by atoms with Crippen LogP contribution in [0.2, 0.25) is 0 Å². The van der Waals surface area contributed by atoms with Crippen LogP contribution in [0.15, 0.2) is 12.1 Å². The van der Waals surface area contributed by atoms with Crippen molar-refractivity contribution in [1.82, 2.24) is 5.32 Å². The summed E-state index contributed by atoms with van der Waals surface area (Å²) in [5.41, 5.74) is 5.41. The van der Waals surface area contributed by atoms with E-state index in [1.165, 1.54) is 22.3 Å². The van der Waals surface area contributed by atoms with Crippen LogP contribution < -0.4 is 5.32 Å². The molecule has 0 bridgehead atoms. The van der Waals surface area contributed by atoms with Gasteiger partial charge in [-0.2, -0.15) is 0 Å². The zero-order chi connectivity index (χ0) is 13.7. The smallest absolute Gasteiger partial charge is 0.0765 e. The van der Waals surface area contributed by atoms with E-state index in [2.05, 4.69) is 45.1 Å². The molecule has 2 heteroatoms. The van der Waals surface area contributed by atoms with Crippen LogP contribution in [0.1, 0.15) is 48.1 Å². The van der Waals surface area contributed by atoms with Gasteiger partial charge < -0.3 is 10.1 Å². The molecule has 0 aromatic heterocycles. The lowest BCUT2D eigenvalue weighted by atomic mass is 9.91. The van der Waals surface area contributed by atoms with Gasteiger partial charge in [-0.3, -0.25) is 0 Å². The minimum atomic E-state index is 0.237. The fraction of sp³-hybridized carbons (Fsp3) is 0.625. The number of rotatable bonds is 6. The second-order valence-electron chi connectivity index (χ2n) is 5.12. The van der Waals surface area contributed by atoms with Crippen LogP contribution >= 0.6 is 0 Å². The second kappa shape index (κ2) is 6.91. The van der Waals surface area contributed by atoms with Crippen LogP contribution in [0, 0.1) is 20.8 Å². The SMILES string of the molecule is CCCC(OC)C(NC)c1cc(C)c(C)cc1C. The first kappa shape index (κ1) is 15.2. The van der Waals surface area contributed by atoms with E-state index < -0.39 is 0 Å². The van der Waals surface area contributed by atoms with Crippen molar-refractivity contribution >= 4 is 0 Å². The molecular weight excluding hydrogens is 222 g/mol. The minimum Gasteiger partial charge on any atom is -0.379 e. The van der Waals surface area contributed by atoms with E-state index in [0.29, 0.717) is 0 Å². The molecule has 0 fully saturated rings. The molecule has 2 atom stereocenters. The third kappa shape index (κ3) is 3.33. The zero-order valence-electron chi connectivity index (χ0n) is 12.6. The monoisotopic (exact) mass is 249 g/mol. The first-order chi connectivity index (χ1) is 8.54. The molecule has 0 saturated carbocycles. The van der Waals surface area contributed by atoms with E-state index in [-0.39, 0.29) is 12.1 Å². The van der Waals surface area contributed by atoms with Crippen molar-refractivity contribution < 1.29 is 4.74 Å². The highest BCUT2D eigenvalue weighted by atomic mass is 16.5. The van der Waals surface area contributed by atoms with Gasteiger partial charge in [0.05, 0.1) is 12.1 Å². The third-order valence-corrected chi connectivity index (χ3v) is 3.78. The summed E-state index contributed by atoms with van der Waals surface area (Å²) in [6.07, 6.45) is 2.45. The van der Waals surface area contributed by atoms with Crippen molar-refractivity contribution in [2.24, 2.45) is 0 Å². The summed E-state index contributed by atoms with van der Waals surface area (Å²) in [5, 5.41) is 3.42. The Morgan fingerprint density at radius 1 is 1.11 bits per heavy atom. The Morgan fingerprint density at radius 3 is 2.22 bits per heavy atom. The predicted octanol–water partition coefficient (Wildman–Crippen LogP) is 3.69. The average molecular weight is 249 g/mol. The van der Waals surface area contributed by atoms with Gasteiger partial charge in [0.1, 0.15) is 0 Å². The Kier molecular flexibility index (Phi) is 5.83. The topological polar surface area (TPSA) is 21.3 Å². The Balaban J connectivity index is 3.11. The summed E-state index contributed by atoms with van der Waals surface area (Å²) in [4.78, 5) is 0. The molecule has 0 radical (unpaired) electrons. The maximum atomic E-state index is 5.66. The summed E-state index contributed by atoms with van der Waals surface area (Å²) < 4.78 is 5.66. The van der Waals surface area contributed by atoms with Crippen LogP contribution in [0.25, 0.3) is 0 Å². The fourth-order valence-corrected chi connectivity index (χ4v) is 2.56. The van der Waals surface area contributed by atoms with Crippen LogP contribution in [0.5, 0.6) is 0 Å². The molecule has 0 aliphatic rings. The first-order valence-corrected chi connectivity index (χ1v) is 6.82. The molecule has 1 aromatic rings. The van der Waals surface area contributed by atoms with Gasteiger partial charge in [0.25, 0.3) is 0 Å². The quantitative estimate of drug-likeness (QED) is 0.830. The maximum absolute atomic E-state index is 5.66. The number of methoxy groups -OCH3 is 1. The second-order valence-corrected chi connectivity index (χ2v) is 5.12. The molecule has 18 heavy (non-hydrogen) atoms. The average Bonchev–Trinajstić information content (AvgIpc) is 2.35. The van der Waals surface area contributed by atoms with Crippen LogP contribution in [0.4, 0.5) is 0 Å². The number of nitrogens with one attached hydrogen (secondary N) is 1. The van der Waals surface area contributed by atoms with Crippen molar-refractivity contribution in [2.45, 2.75) is 52.7 Å². The Hall–Kier alpha value is -0.860. The van der Waals surface area contributed by atoms with Gasteiger partial charge in [0.15, 0.2) is 0 Å². The summed E-state index contributed by atoms with van der Waals surface area (Å²) in [6.45, 7) is 8.73. The Morgan fingerprint density at radius 2 is 1.72 bits per heavy atom. The van der Waals surface area contributed by atoms with Crippen molar-refractivity contribution in [1.29, 1.82) is 0 Å². The molecule has 0 heterocycles. The van der Waals surface area contributed by atoms with Gasteiger partial charge in [-0.15, -0.1) is 0 Å². The van der Waals surface area contributed by atoms with Crippen molar-refractivity contribution in [3.05, 3.63) is 34.4 Å². The van der Waals surface area contributed by atoms with Gasteiger partial charge in [-0.05, 0) is 56.5 Å². The Labute approximate surface area is 112 Å². The normalized spacial score (nSPS) is 14.6. The first-order valence-electron chi connectivity index (χ1n) is 6.82. The number of aryl methyl sites for hydroxylation is 3. The van der Waals surface area contributed by atoms with Crippen LogP contribution in [0.3, 0.4) is 0 Å². The largest absolute Gasteiger partial charge is 0.379 e. The van der Waals surface area contributed by atoms with E-state index in [4.69, 9.17) is 4.74 Å². The molecule has 1 aromatic carbocycles. The highest BCUT2D eigenvalue weighted by Gasteiger charge is 2.22. The van der Waals surface area contributed by atoms with Crippen LogP contribution in [-0.2, 0) is 4.74 Å². The van der Waals surface area contributed by atoms with Crippen molar-refractivity contribution in [3.8, 4) is 0 Å². The standard InChI is InChI=1S/C16H27NO/c1-7-8-15(18-6)16(17-5)14-10-12(3)11(2)9-13(14)4/h9-10,15-17H,7-8H2,1-6H3. The van der Waals surface area contributed by atoms with E-state index in [1.807, 2.05) is 7.05 Å². The molecular formula is C16H27NO. The predicted molar refractivity (Wildman–Crippen MR) is 78.2 cm³/mol. The third-order valence-electron chi connectivity index (χ3n) is 3.78. The van der Waals surface area contributed by atoms with E-state index in [9.17, 15) is 0 Å². The summed E-state index contributed by atoms with van der Waals surface area (Å²) >= 11 is 0. The molecule has 0 spiro atoms. The lowest BCUT2D eigenvalue weighted by molar-refractivity contribution is 0.0628. The molecule has 102 valence electrons. The molecule has 0 aliphatic heterocycles. The van der Waals surface area contributed by atoms with Gasteiger partial charge in [-0.25, -0.2) is 0 Å². The van der Waals surface area contributed by atoms with Gasteiger partial charge in [0, 0.05) is 7.11 Å². The number of hydrogen-bond acceptors (Lipinski definition) is 2. The van der Waals surface area contributed by atoms with Crippen molar-refractivity contribution in [2.75, 3.05) is 14.2 Å². The van der Waals surface area contributed by atoms with E-state index in [1.54, 1.807) is 7.11 Å². The molecule has 2 nitrogen and oxygen atoms in total. The number of likely N-dealkylation sites (N-methyl/N-ethyl adjacent to an activating group) is 1. The molecule has 1 rings (SSSR count). The van der Waals surface area contributed by atoms with Gasteiger partial charge in [0.2, 0.25) is 0 Å². The number of hydrogen-bond donors (Lipinski definition) is 1. The minimum absolute atomic E-state index is 0.237. The molecule has 1 N–H and O–H groups in total. The maximum Gasteiger partial charge on any atom is 0.0765 e. The Bertz CT molecular complexity index is 387. The highest BCUT2D eigenvalue weighted by molar-refractivity contribution is 5.38. The van der Waals surface area contributed by atoms with Gasteiger partial charge >= 0.3 is 0 Å². The van der Waals surface area contributed by atoms with Crippen molar-refractivity contribution in [3.63, 3.8) is 0 Å². The number of benzene rings is 1.